The third kappa shape index (κ3) is 11.2. The molecule has 1 rings (SSSR count). The van der Waals surface area contributed by atoms with Gasteiger partial charge in [-0.25, -0.2) is 14.4 Å². The van der Waals surface area contributed by atoms with Crippen LogP contribution in [0.25, 0.3) is 0 Å². The van der Waals surface area contributed by atoms with Crippen molar-refractivity contribution in [3.8, 4) is 0 Å². The minimum Gasteiger partial charge on any atom is -0.480 e. The van der Waals surface area contributed by atoms with Crippen molar-refractivity contribution >= 4 is 24.1 Å². The van der Waals surface area contributed by atoms with E-state index in [9.17, 15) is 24.3 Å². The number of hydrogen-bond acceptors (Lipinski definition) is 6. The van der Waals surface area contributed by atoms with E-state index in [0.29, 0.717) is 0 Å². The summed E-state index contributed by atoms with van der Waals surface area (Å²) in [6, 6.07) is 7.53. The molecule has 0 aliphatic heterocycles. The summed E-state index contributed by atoms with van der Waals surface area (Å²) in [5.74, 6) is -1.82. The summed E-state index contributed by atoms with van der Waals surface area (Å²) in [5.41, 5.74) is 0.0993. The summed E-state index contributed by atoms with van der Waals surface area (Å²) in [5, 5.41) is 16.2. The van der Waals surface area contributed by atoms with Crippen LogP contribution in [0.15, 0.2) is 30.3 Å². The number of alkyl carbamates (subject to hydrolysis) is 2. The molecule has 1 aromatic rings. The number of carboxylic acid groups (broad SMARTS) is 1. The van der Waals surface area contributed by atoms with E-state index in [1.165, 1.54) is 0 Å². The van der Waals surface area contributed by atoms with Gasteiger partial charge in [0.2, 0.25) is 5.91 Å². The number of carbonyl (C=O) groups is 4. The molecular weight excluding hydrogens is 382 g/mol. The maximum absolute atomic E-state index is 11.8. The molecule has 1 atom stereocenters. The van der Waals surface area contributed by atoms with Crippen LogP contribution >= 0.6 is 0 Å². The Morgan fingerprint density at radius 1 is 1.03 bits per heavy atom. The molecule has 0 fully saturated rings. The summed E-state index contributed by atoms with van der Waals surface area (Å²) < 4.78 is 9.99. The first-order valence-electron chi connectivity index (χ1n) is 9.00. The lowest BCUT2D eigenvalue weighted by Crippen LogP contribution is -2.48. The number of carboxylic acids is 1. The van der Waals surface area contributed by atoms with Crippen molar-refractivity contribution in [2.45, 2.75) is 45.4 Å². The molecule has 3 amide bonds. The lowest BCUT2D eigenvalue weighted by molar-refractivity contribution is -0.139. The fraction of sp³-hybridized carbons (Fsp3) is 0.474. The van der Waals surface area contributed by atoms with Crippen LogP contribution in [0.3, 0.4) is 0 Å². The van der Waals surface area contributed by atoms with Crippen LogP contribution in [0.4, 0.5) is 9.59 Å². The Morgan fingerprint density at radius 3 is 2.28 bits per heavy atom. The summed E-state index contributed by atoms with van der Waals surface area (Å²) >= 11 is 0. The quantitative estimate of drug-likeness (QED) is 0.483. The van der Waals surface area contributed by atoms with Crippen molar-refractivity contribution < 1.29 is 33.8 Å². The number of benzene rings is 1. The van der Waals surface area contributed by atoms with Gasteiger partial charge in [0.25, 0.3) is 0 Å². The van der Waals surface area contributed by atoms with Gasteiger partial charge in [-0.05, 0) is 26.3 Å². The highest BCUT2D eigenvalue weighted by Gasteiger charge is 2.21. The second-order valence-corrected chi connectivity index (χ2v) is 7.08. The van der Waals surface area contributed by atoms with Crippen LogP contribution in [0.1, 0.15) is 32.8 Å². The van der Waals surface area contributed by atoms with Crippen molar-refractivity contribution in [1.29, 1.82) is 0 Å². The topological polar surface area (TPSA) is 143 Å². The van der Waals surface area contributed by atoms with E-state index in [1.807, 2.05) is 6.07 Å². The Balaban J connectivity index is 2.32. The van der Waals surface area contributed by atoms with Crippen LogP contribution in [-0.2, 0) is 25.7 Å². The second-order valence-electron chi connectivity index (χ2n) is 7.08. The van der Waals surface area contributed by atoms with Gasteiger partial charge < -0.3 is 30.5 Å². The molecule has 0 radical (unpaired) electrons. The number of hydrogen-bond donors (Lipinski definition) is 4. The highest BCUT2D eigenvalue weighted by Crippen LogP contribution is 2.06. The highest BCUT2D eigenvalue weighted by molar-refractivity contribution is 5.82. The average molecular weight is 409 g/mol. The smallest absolute Gasteiger partial charge is 0.408 e. The molecule has 10 nitrogen and oxygen atoms in total. The summed E-state index contributed by atoms with van der Waals surface area (Å²) in [6.07, 6.45) is -1.65. The van der Waals surface area contributed by atoms with Crippen LogP contribution in [-0.4, -0.2) is 53.9 Å². The van der Waals surface area contributed by atoms with E-state index in [1.54, 1.807) is 45.0 Å². The first kappa shape index (κ1) is 23.7. The zero-order valence-electron chi connectivity index (χ0n) is 16.7. The summed E-state index contributed by atoms with van der Waals surface area (Å²) in [6.45, 7) is 4.81. The molecule has 0 saturated carbocycles. The van der Waals surface area contributed by atoms with Crippen LogP contribution in [0.5, 0.6) is 0 Å². The third-order valence-corrected chi connectivity index (χ3v) is 3.33. The van der Waals surface area contributed by atoms with Crippen molar-refractivity contribution in [2.75, 3.05) is 13.1 Å². The highest BCUT2D eigenvalue weighted by atomic mass is 16.6. The van der Waals surface area contributed by atoms with Gasteiger partial charge in [-0.3, -0.25) is 4.79 Å². The SMILES string of the molecule is CC(C)(C)OC(=O)NCCC(=O)NC[C@H](NC(=O)OCc1ccccc1)C(=O)O. The molecule has 0 spiro atoms. The Kier molecular flexibility index (Phi) is 9.43. The minimum atomic E-state index is -1.36. The van der Waals surface area contributed by atoms with E-state index in [-0.39, 0.29) is 26.1 Å². The largest absolute Gasteiger partial charge is 0.480 e. The molecule has 1 aromatic carbocycles. The summed E-state index contributed by atoms with van der Waals surface area (Å²) in [4.78, 5) is 46.3. The zero-order chi connectivity index (χ0) is 21.9. The molecule has 4 N–H and O–H groups in total. The van der Waals surface area contributed by atoms with Gasteiger partial charge in [0.05, 0.1) is 0 Å². The molecular formula is C19H27N3O7. The molecule has 0 heterocycles. The van der Waals surface area contributed by atoms with Crippen LogP contribution in [0, 0.1) is 0 Å². The van der Waals surface area contributed by atoms with Crippen LogP contribution < -0.4 is 16.0 Å². The van der Waals surface area contributed by atoms with Gasteiger partial charge in [-0.15, -0.1) is 0 Å². The predicted octanol–water partition coefficient (Wildman–Crippen LogP) is 1.40. The van der Waals surface area contributed by atoms with Gasteiger partial charge in [0.1, 0.15) is 18.2 Å². The molecule has 0 aromatic heterocycles. The fourth-order valence-corrected chi connectivity index (χ4v) is 2.00. The standard InChI is InChI=1S/C19H27N3O7/c1-19(2,3)29-17(26)20-10-9-15(23)21-11-14(16(24)25)22-18(27)28-12-13-7-5-4-6-8-13/h4-8,14H,9-12H2,1-3H3,(H,20,26)(H,21,23)(H,22,27)(H,24,25)/t14-/m0/s1. The van der Waals surface area contributed by atoms with E-state index in [2.05, 4.69) is 16.0 Å². The average Bonchev–Trinajstić information content (AvgIpc) is 2.62. The van der Waals surface area contributed by atoms with E-state index < -0.39 is 35.7 Å². The first-order valence-corrected chi connectivity index (χ1v) is 9.00. The maximum Gasteiger partial charge on any atom is 0.408 e. The van der Waals surface area contributed by atoms with Gasteiger partial charge in [-0.2, -0.15) is 0 Å². The second kappa shape index (κ2) is 11.5. The Bertz CT molecular complexity index is 702. The normalized spacial score (nSPS) is 11.7. The molecule has 0 unspecified atom stereocenters. The van der Waals surface area contributed by atoms with Gasteiger partial charge in [0, 0.05) is 19.5 Å². The Hall–Kier alpha value is -3.30. The number of rotatable bonds is 9. The number of carbonyl (C=O) groups excluding carboxylic acids is 3. The Morgan fingerprint density at radius 2 is 1.69 bits per heavy atom. The monoisotopic (exact) mass is 409 g/mol. The number of aliphatic carboxylic acids is 1. The fourth-order valence-electron chi connectivity index (χ4n) is 2.00. The van der Waals surface area contributed by atoms with E-state index in [4.69, 9.17) is 9.47 Å². The van der Waals surface area contributed by atoms with Crippen molar-refractivity contribution in [2.24, 2.45) is 0 Å². The molecule has 0 aliphatic carbocycles. The van der Waals surface area contributed by atoms with Crippen molar-refractivity contribution in [3.63, 3.8) is 0 Å². The lowest BCUT2D eigenvalue weighted by Gasteiger charge is -2.19. The predicted molar refractivity (Wildman–Crippen MR) is 103 cm³/mol. The number of nitrogens with one attached hydrogen (secondary N) is 3. The van der Waals surface area contributed by atoms with E-state index >= 15 is 0 Å². The van der Waals surface area contributed by atoms with Crippen molar-refractivity contribution in [3.05, 3.63) is 35.9 Å². The molecule has 160 valence electrons. The van der Waals surface area contributed by atoms with Crippen LogP contribution in [0.2, 0.25) is 0 Å². The summed E-state index contributed by atoms with van der Waals surface area (Å²) in [7, 11) is 0. The number of ether oxygens (including phenoxy) is 2. The minimum absolute atomic E-state index is 0.0122. The van der Waals surface area contributed by atoms with Gasteiger partial charge >= 0.3 is 18.2 Å². The molecule has 0 saturated heterocycles. The first-order chi connectivity index (χ1) is 13.6. The maximum atomic E-state index is 11.8. The lowest BCUT2D eigenvalue weighted by atomic mass is 10.2. The van der Waals surface area contributed by atoms with Gasteiger partial charge in [-0.1, -0.05) is 30.3 Å². The van der Waals surface area contributed by atoms with Gasteiger partial charge in [0.15, 0.2) is 0 Å². The molecule has 0 bridgehead atoms. The van der Waals surface area contributed by atoms with E-state index in [0.717, 1.165) is 5.56 Å². The zero-order valence-corrected chi connectivity index (χ0v) is 16.7. The number of amides is 3. The molecule has 29 heavy (non-hydrogen) atoms. The Labute approximate surface area is 168 Å². The van der Waals surface area contributed by atoms with Crippen molar-refractivity contribution in [1.82, 2.24) is 16.0 Å². The molecule has 10 heteroatoms. The molecule has 0 aliphatic rings. The third-order valence-electron chi connectivity index (χ3n) is 3.33.